The minimum atomic E-state index is -0.407. The molecule has 15 heavy (non-hydrogen) atoms. The molecule has 1 aromatic carbocycles. The average Bonchev–Trinajstić information content (AvgIpc) is 2.20. The van der Waals surface area contributed by atoms with Crippen molar-refractivity contribution >= 4 is 17.3 Å². The van der Waals surface area contributed by atoms with Gasteiger partial charge in [0.05, 0.1) is 11.4 Å². The third-order valence-electron chi connectivity index (χ3n) is 2.05. The Bertz CT molecular complexity index is 352. The van der Waals surface area contributed by atoms with Gasteiger partial charge >= 0.3 is 0 Å². The second-order valence-corrected chi connectivity index (χ2v) is 3.38. The number of halogens is 1. The van der Waals surface area contributed by atoms with Gasteiger partial charge in [-0.15, -0.1) is 0 Å². The average molecular weight is 210 g/mol. The maximum absolute atomic E-state index is 12.8. The van der Waals surface area contributed by atoms with Crippen molar-refractivity contribution in [3.8, 4) is 0 Å². The molecule has 1 amide bonds. The van der Waals surface area contributed by atoms with E-state index in [1.54, 1.807) is 0 Å². The molecule has 0 aliphatic rings. The normalized spacial score (nSPS) is 10.0. The van der Waals surface area contributed by atoms with Crippen molar-refractivity contribution in [3.05, 3.63) is 24.0 Å². The fourth-order valence-electron chi connectivity index (χ4n) is 1.19. The van der Waals surface area contributed by atoms with Gasteiger partial charge in [-0.1, -0.05) is 13.3 Å². The van der Waals surface area contributed by atoms with Crippen LogP contribution in [0, 0.1) is 5.82 Å². The molecular weight excluding hydrogens is 195 g/mol. The summed E-state index contributed by atoms with van der Waals surface area (Å²) in [6.07, 6.45) is 2.21. The largest absolute Gasteiger partial charge is 0.397 e. The number of benzene rings is 1. The molecule has 3 N–H and O–H groups in total. The number of nitrogens with two attached hydrogens (primary N) is 1. The number of amides is 1. The Labute approximate surface area is 88.5 Å². The van der Waals surface area contributed by atoms with Crippen LogP contribution in [0.2, 0.25) is 0 Å². The molecule has 0 fully saturated rings. The SMILES string of the molecule is CCCCC(=O)Nc1cc(F)ccc1N. The Morgan fingerprint density at radius 1 is 1.53 bits per heavy atom. The minimum Gasteiger partial charge on any atom is -0.397 e. The number of rotatable bonds is 4. The molecule has 0 saturated heterocycles. The number of hydrogen-bond acceptors (Lipinski definition) is 2. The third kappa shape index (κ3) is 3.58. The molecule has 4 heteroatoms. The van der Waals surface area contributed by atoms with Crippen molar-refractivity contribution in [1.82, 2.24) is 0 Å². The van der Waals surface area contributed by atoms with Crippen LogP contribution in [0.4, 0.5) is 15.8 Å². The monoisotopic (exact) mass is 210 g/mol. The highest BCUT2D eigenvalue weighted by molar-refractivity contribution is 5.93. The lowest BCUT2D eigenvalue weighted by molar-refractivity contribution is -0.116. The van der Waals surface area contributed by atoms with Crippen LogP contribution < -0.4 is 11.1 Å². The summed E-state index contributed by atoms with van der Waals surface area (Å²) in [4.78, 5) is 11.3. The van der Waals surface area contributed by atoms with Crippen molar-refractivity contribution in [3.63, 3.8) is 0 Å². The smallest absolute Gasteiger partial charge is 0.224 e. The molecule has 0 bridgehead atoms. The third-order valence-corrected chi connectivity index (χ3v) is 2.05. The molecule has 0 heterocycles. The van der Waals surface area contributed by atoms with Crippen molar-refractivity contribution in [2.75, 3.05) is 11.1 Å². The van der Waals surface area contributed by atoms with Crippen LogP contribution in [0.3, 0.4) is 0 Å². The molecule has 0 atom stereocenters. The maximum Gasteiger partial charge on any atom is 0.224 e. The van der Waals surface area contributed by atoms with E-state index in [4.69, 9.17) is 5.73 Å². The molecule has 0 aliphatic carbocycles. The Balaban J connectivity index is 2.63. The Morgan fingerprint density at radius 2 is 2.27 bits per heavy atom. The molecular formula is C11H15FN2O. The van der Waals surface area contributed by atoms with Gasteiger partial charge in [-0.25, -0.2) is 4.39 Å². The Hall–Kier alpha value is -1.58. The van der Waals surface area contributed by atoms with Crippen LogP contribution >= 0.6 is 0 Å². The van der Waals surface area contributed by atoms with Crippen LogP contribution in [0.15, 0.2) is 18.2 Å². The van der Waals surface area contributed by atoms with Gasteiger partial charge in [0, 0.05) is 6.42 Å². The van der Waals surface area contributed by atoms with E-state index in [0.29, 0.717) is 17.8 Å². The summed E-state index contributed by atoms with van der Waals surface area (Å²) in [6.45, 7) is 2.00. The van der Waals surface area contributed by atoms with Crippen LogP contribution in [0.25, 0.3) is 0 Å². The molecule has 1 aromatic rings. The highest BCUT2D eigenvalue weighted by Crippen LogP contribution is 2.19. The van der Waals surface area contributed by atoms with Crippen LogP contribution in [0.1, 0.15) is 26.2 Å². The summed E-state index contributed by atoms with van der Waals surface area (Å²) in [5, 5.41) is 2.58. The number of carbonyl (C=O) groups is 1. The first kappa shape index (κ1) is 11.5. The Kier molecular flexibility index (Phi) is 4.09. The van der Waals surface area contributed by atoms with Crippen LogP contribution in [-0.2, 0) is 4.79 Å². The van der Waals surface area contributed by atoms with E-state index in [9.17, 15) is 9.18 Å². The van der Waals surface area contributed by atoms with Crippen LogP contribution in [0.5, 0.6) is 0 Å². The van der Waals surface area contributed by atoms with Gasteiger partial charge in [-0.3, -0.25) is 4.79 Å². The first-order valence-electron chi connectivity index (χ1n) is 4.98. The van der Waals surface area contributed by atoms with Gasteiger partial charge in [-0.05, 0) is 24.6 Å². The van der Waals surface area contributed by atoms with E-state index < -0.39 is 5.82 Å². The fourth-order valence-corrected chi connectivity index (χ4v) is 1.19. The highest BCUT2D eigenvalue weighted by Gasteiger charge is 2.05. The lowest BCUT2D eigenvalue weighted by Crippen LogP contribution is -2.12. The van der Waals surface area contributed by atoms with E-state index in [1.165, 1.54) is 18.2 Å². The van der Waals surface area contributed by atoms with Crippen molar-refractivity contribution in [2.45, 2.75) is 26.2 Å². The lowest BCUT2D eigenvalue weighted by Gasteiger charge is -2.07. The zero-order chi connectivity index (χ0) is 11.3. The van der Waals surface area contributed by atoms with Gasteiger partial charge in [-0.2, -0.15) is 0 Å². The second-order valence-electron chi connectivity index (χ2n) is 3.38. The van der Waals surface area contributed by atoms with Crippen molar-refractivity contribution in [1.29, 1.82) is 0 Å². The predicted molar refractivity (Wildman–Crippen MR) is 59.0 cm³/mol. The fraction of sp³-hybridized carbons (Fsp3) is 0.364. The topological polar surface area (TPSA) is 55.1 Å². The quantitative estimate of drug-likeness (QED) is 0.750. The number of nitrogens with one attached hydrogen (secondary N) is 1. The Morgan fingerprint density at radius 3 is 2.93 bits per heavy atom. The predicted octanol–water partition coefficient (Wildman–Crippen LogP) is 2.54. The number of carbonyl (C=O) groups excluding carboxylic acids is 1. The minimum absolute atomic E-state index is 0.130. The molecule has 0 aliphatic heterocycles. The first-order valence-corrected chi connectivity index (χ1v) is 4.98. The van der Waals surface area contributed by atoms with Gasteiger partial charge in [0.1, 0.15) is 5.82 Å². The van der Waals surface area contributed by atoms with Gasteiger partial charge in [0.15, 0.2) is 0 Å². The molecule has 0 radical (unpaired) electrons. The number of nitrogen functional groups attached to an aromatic ring is 1. The zero-order valence-corrected chi connectivity index (χ0v) is 8.72. The summed E-state index contributed by atoms with van der Waals surface area (Å²) in [7, 11) is 0. The summed E-state index contributed by atoms with van der Waals surface area (Å²) in [5.41, 5.74) is 6.30. The van der Waals surface area contributed by atoms with E-state index >= 15 is 0 Å². The maximum atomic E-state index is 12.8. The molecule has 0 spiro atoms. The van der Waals surface area contributed by atoms with E-state index in [2.05, 4.69) is 5.32 Å². The molecule has 0 saturated carbocycles. The summed E-state index contributed by atoms with van der Waals surface area (Å²) >= 11 is 0. The molecule has 0 aromatic heterocycles. The second kappa shape index (κ2) is 5.34. The highest BCUT2D eigenvalue weighted by atomic mass is 19.1. The summed E-state index contributed by atoms with van der Waals surface area (Å²) in [6, 6.07) is 3.92. The van der Waals surface area contributed by atoms with E-state index in [-0.39, 0.29) is 5.91 Å². The van der Waals surface area contributed by atoms with Gasteiger partial charge in [0.2, 0.25) is 5.91 Å². The van der Waals surface area contributed by atoms with E-state index in [1.807, 2.05) is 6.92 Å². The zero-order valence-electron chi connectivity index (χ0n) is 8.72. The number of anilines is 2. The molecule has 3 nitrogen and oxygen atoms in total. The number of hydrogen-bond donors (Lipinski definition) is 2. The molecule has 0 unspecified atom stereocenters. The van der Waals surface area contributed by atoms with Gasteiger partial charge < -0.3 is 11.1 Å². The molecule has 82 valence electrons. The van der Waals surface area contributed by atoms with E-state index in [0.717, 1.165) is 12.8 Å². The molecule has 1 rings (SSSR count). The lowest BCUT2D eigenvalue weighted by atomic mass is 10.2. The summed E-state index contributed by atoms with van der Waals surface area (Å²) in [5.74, 6) is -0.538. The van der Waals surface area contributed by atoms with Crippen molar-refractivity contribution < 1.29 is 9.18 Å². The standard InChI is InChI=1S/C11H15FN2O/c1-2-3-4-11(15)14-10-7-8(12)5-6-9(10)13/h5-7H,2-4,13H2,1H3,(H,14,15). The van der Waals surface area contributed by atoms with Crippen LogP contribution in [-0.4, -0.2) is 5.91 Å². The first-order chi connectivity index (χ1) is 7.13. The number of unbranched alkanes of at least 4 members (excludes halogenated alkanes) is 1. The van der Waals surface area contributed by atoms with Crippen molar-refractivity contribution in [2.24, 2.45) is 0 Å². The summed E-state index contributed by atoms with van der Waals surface area (Å²) < 4.78 is 12.8. The van der Waals surface area contributed by atoms with Gasteiger partial charge in [0.25, 0.3) is 0 Å².